The van der Waals surface area contributed by atoms with Crippen molar-refractivity contribution < 1.29 is 9.53 Å². The lowest BCUT2D eigenvalue weighted by atomic mass is 10.1. The van der Waals surface area contributed by atoms with E-state index in [2.05, 4.69) is 0 Å². The molecule has 0 heterocycles. The van der Waals surface area contributed by atoms with Gasteiger partial charge in [-0.3, -0.25) is 4.79 Å². The van der Waals surface area contributed by atoms with Crippen LogP contribution in [0.5, 0.6) is 5.75 Å². The Kier molecular flexibility index (Phi) is 3.48. The zero-order valence-electron chi connectivity index (χ0n) is 9.80. The fourth-order valence-corrected chi connectivity index (χ4v) is 1.61. The minimum absolute atomic E-state index is 0.295. The molecule has 0 unspecified atom stereocenters. The summed E-state index contributed by atoms with van der Waals surface area (Å²) < 4.78 is 5.57. The van der Waals surface area contributed by atoms with E-state index in [4.69, 9.17) is 16.2 Å². The lowest BCUT2D eigenvalue weighted by Gasteiger charge is -2.09. The highest BCUT2D eigenvalue weighted by Gasteiger charge is 2.07. The second-order valence-electron chi connectivity index (χ2n) is 3.88. The summed E-state index contributed by atoms with van der Waals surface area (Å²) in [7, 11) is 0. The van der Waals surface area contributed by atoms with Crippen molar-refractivity contribution in [1.29, 1.82) is 0 Å². The van der Waals surface area contributed by atoms with E-state index in [-0.39, 0.29) is 0 Å². The van der Waals surface area contributed by atoms with Crippen molar-refractivity contribution in [3.8, 4) is 5.75 Å². The molecular weight excluding hydrogens is 228 g/mol. The Morgan fingerprint density at radius 1 is 1.06 bits per heavy atom. The van der Waals surface area contributed by atoms with Crippen molar-refractivity contribution >= 4 is 11.6 Å². The van der Waals surface area contributed by atoms with Gasteiger partial charge in [-0.1, -0.05) is 18.2 Å². The van der Waals surface area contributed by atoms with Crippen LogP contribution in [0.2, 0.25) is 0 Å². The highest BCUT2D eigenvalue weighted by atomic mass is 16.5. The molecule has 0 aromatic heterocycles. The van der Waals surface area contributed by atoms with Gasteiger partial charge in [0.25, 0.3) is 0 Å². The molecule has 4 N–H and O–H groups in total. The van der Waals surface area contributed by atoms with Crippen molar-refractivity contribution in [3.05, 3.63) is 59.7 Å². The molecule has 0 atom stereocenters. The van der Waals surface area contributed by atoms with E-state index in [9.17, 15) is 4.79 Å². The first kappa shape index (κ1) is 12.0. The fourth-order valence-electron chi connectivity index (χ4n) is 1.61. The molecule has 2 aromatic rings. The van der Waals surface area contributed by atoms with Gasteiger partial charge in [-0.25, -0.2) is 0 Å². The fraction of sp³-hybridized carbons (Fsp3) is 0.0714. The number of hydrogen-bond donors (Lipinski definition) is 2. The Morgan fingerprint density at radius 2 is 1.72 bits per heavy atom. The van der Waals surface area contributed by atoms with Crippen molar-refractivity contribution in [2.75, 3.05) is 5.73 Å². The van der Waals surface area contributed by atoms with E-state index in [0.717, 1.165) is 5.56 Å². The number of anilines is 1. The van der Waals surface area contributed by atoms with Gasteiger partial charge in [0.2, 0.25) is 5.91 Å². The zero-order valence-corrected chi connectivity index (χ0v) is 9.80. The summed E-state index contributed by atoms with van der Waals surface area (Å²) in [5.74, 6) is 0.245. The average Bonchev–Trinajstić information content (AvgIpc) is 2.38. The Balaban J connectivity index is 2.10. The summed E-state index contributed by atoms with van der Waals surface area (Å²) in [6.45, 7) is 0.295. The molecule has 0 saturated heterocycles. The Morgan fingerprint density at radius 3 is 2.39 bits per heavy atom. The highest BCUT2D eigenvalue weighted by Crippen LogP contribution is 2.16. The smallest absolute Gasteiger partial charge is 0.249 e. The number of hydrogen-bond acceptors (Lipinski definition) is 3. The maximum absolute atomic E-state index is 11.2. The normalized spacial score (nSPS) is 10.0. The molecule has 0 fully saturated rings. The van der Waals surface area contributed by atoms with Crippen LogP contribution in [0.15, 0.2) is 48.5 Å². The van der Waals surface area contributed by atoms with Crippen molar-refractivity contribution in [3.63, 3.8) is 0 Å². The summed E-state index contributed by atoms with van der Waals surface area (Å²) in [6, 6.07) is 14.2. The van der Waals surface area contributed by atoms with Crippen molar-refractivity contribution in [1.82, 2.24) is 0 Å². The lowest BCUT2D eigenvalue weighted by Crippen LogP contribution is -2.14. The number of ether oxygens (including phenoxy) is 1. The first-order chi connectivity index (χ1) is 8.66. The molecule has 0 radical (unpaired) electrons. The van der Waals surface area contributed by atoms with Crippen molar-refractivity contribution in [2.45, 2.75) is 6.61 Å². The number of carbonyl (C=O) groups is 1. The average molecular weight is 242 g/mol. The zero-order chi connectivity index (χ0) is 13.0. The Labute approximate surface area is 105 Å². The molecule has 0 aliphatic heterocycles. The summed E-state index contributed by atoms with van der Waals surface area (Å²) in [5.41, 5.74) is 12.8. The number of benzene rings is 2. The topological polar surface area (TPSA) is 78.3 Å². The van der Waals surface area contributed by atoms with Crippen molar-refractivity contribution in [2.24, 2.45) is 5.73 Å². The monoisotopic (exact) mass is 242 g/mol. The van der Waals surface area contributed by atoms with Gasteiger partial charge in [0.15, 0.2) is 0 Å². The van der Waals surface area contributed by atoms with Gasteiger partial charge in [0.1, 0.15) is 12.4 Å². The van der Waals surface area contributed by atoms with Crippen LogP contribution in [0.4, 0.5) is 5.69 Å². The third-order valence-corrected chi connectivity index (χ3v) is 2.56. The molecule has 18 heavy (non-hydrogen) atoms. The van der Waals surface area contributed by atoms with E-state index in [1.54, 1.807) is 36.4 Å². The molecule has 1 amide bonds. The first-order valence-corrected chi connectivity index (χ1v) is 5.53. The van der Waals surface area contributed by atoms with Gasteiger partial charge in [-0.05, 0) is 30.3 Å². The molecule has 4 nitrogen and oxygen atoms in total. The van der Waals surface area contributed by atoms with Crippen LogP contribution in [-0.4, -0.2) is 5.91 Å². The van der Waals surface area contributed by atoms with Gasteiger partial charge in [0, 0.05) is 16.8 Å². The third kappa shape index (κ3) is 2.79. The number of amides is 1. The van der Waals surface area contributed by atoms with Gasteiger partial charge in [0.05, 0.1) is 0 Å². The molecule has 92 valence electrons. The van der Waals surface area contributed by atoms with E-state index in [0.29, 0.717) is 23.6 Å². The summed E-state index contributed by atoms with van der Waals surface area (Å²) in [4.78, 5) is 11.2. The van der Waals surface area contributed by atoms with Gasteiger partial charge in [-0.15, -0.1) is 0 Å². The van der Waals surface area contributed by atoms with E-state index >= 15 is 0 Å². The van der Waals surface area contributed by atoms with Crippen LogP contribution in [0, 0.1) is 0 Å². The van der Waals surface area contributed by atoms with Gasteiger partial charge >= 0.3 is 0 Å². The Bertz CT molecular complexity index is 550. The second-order valence-corrected chi connectivity index (χ2v) is 3.88. The van der Waals surface area contributed by atoms with Crippen LogP contribution >= 0.6 is 0 Å². The highest BCUT2D eigenvalue weighted by molar-refractivity contribution is 5.94. The minimum atomic E-state index is -0.452. The minimum Gasteiger partial charge on any atom is -0.489 e. The Hall–Kier alpha value is -2.49. The number of nitrogens with two attached hydrogens (primary N) is 2. The maximum Gasteiger partial charge on any atom is 0.249 e. The van der Waals surface area contributed by atoms with Crippen LogP contribution in [0.25, 0.3) is 0 Å². The van der Waals surface area contributed by atoms with Crippen LogP contribution in [0.1, 0.15) is 15.9 Å². The quantitative estimate of drug-likeness (QED) is 0.804. The van der Waals surface area contributed by atoms with Crippen LogP contribution in [-0.2, 0) is 6.61 Å². The molecular formula is C14H14N2O2. The predicted molar refractivity (Wildman–Crippen MR) is 70.1 cm³/mol. The standard InChI is InChI=1S/C14H14N2O2/c15-11-5-7-12(8-6-11)18-9-10-3-1-2-4-13(10)14(16)17/h1-8H,9,15H2,(H2,16,17). The molecule has 0 aliphatic carbocycles. The van der Waals surface area contributed by atoms with Gasteiger partial charge < -0.3 is 16.2 Å². The van der Waals surface area contributed by atoms with Gasteiger partial charge in [-0.2, -0.15) is 0 Å². The van der Waals surface area contributed by atoms with Crippen LogP contribution in [0.3, 0.4) is 0 Å². The number of rotatable bonds is 4. The molecule has 0 saturated carbocycles. The van der Waals surface area contributed by atoms with E-state index in [1.165, 1.54) is 0 Å². The maximum atomic E-state index is 11.2. The third-order valence-electron chi connectivity index (χ3n) is 2.56. The second kappa shape index (κ2) is 5.23. The largest absolute Gasteiger partial charge is 0.489 e. The predicted octanol–water partition coefficient (Wildman–Crippen LogP) is 1.95. The first-order valence-electron chi connectivity index (χ1n) is 5.53. The van der Waals surface area contributed by atoms with E-state index < -0.39 is 5.91 Å². The molecule has 2 aromatic carbocycles. The number of carbonyl (C=O) groups excluding carboxylic acids is 1. The summed E-state index contributed by atoms with van der Waals surface area (Å²) in [6.07, 6.45) is 0. The number of nitrogen functional groups attached to an aromatic ring is 1. The molecule has 2 rings (SSSR count). The lowest BCUT2D eigenvalue weighted by molar-refractivity contribution is 0.0998. The summed E-state index contributed by atoms with van der Waals surface area (Å²) in [5, 5.41) is 0. The molecule has 4 heteroatoms. The molecule has 0 aliphatic rings. The summed E-state index contributed by atoms with van der Waals surface area (Å²) >= 11 is 0. The van der Waals surface area contributed by atoms with E-state index in [1.807, 2.05) is 12.1 Å². The molecule has 0 spiro atoms. The molecule has 0 bridgehead atoms. The SMILES string of the molecule is NC(=O)c1ccccc1COc1ccc(N)cc1. The van der Waals surface area contributed by atoms with Crippen LogP contribution < -0.4 is 16.2 Å². The number of primary amides is 1.